The van der Waals surface area contributed by atoms with Gasteiger partial charge in [0.1, 0.15) is 6.61 Å². The Morgan fingerprint density at radius 2 is 1.77 bits per heavy atom. The quantitative estimate of drug-likeness (QED) is 0.384. The SMILES string of the molecule is CCCCn1c(-c2cc(F)c(OCc3ccccc3)c(F)c2)cc2ccncc2c1=O. The van der Waals surface area contributed by atoms with E-state index in [4.69, 9.17) is 4.74 Å². The lowest BCUT2D eigenvalue weighted by atomic mass is 10.1. The smallest absolute Gasteiger partial charge is 0.260 e. The summed E-state index contributed by atoms with van der Waals surface area (Å²) in [5.41, 5.74) is 1.33. The third-order valence-corrected chi connectivity index (χ3v) is 5.17. The van der Waals surface area contributed by atoms with E-state index in [0.717, 1.165) is 18.4 Å². The number of ether oxygens (including phenoxy) is 1. The van der Waals surface area contributed by atoms with Gasteiger partial charge in [0.05, 0.1) is 11.1 Å². The van der Waals surface area contributed by atoms with Gasteiger partial charge in [0.2, 0.25) is 0 Å². The van der Waals surface area contributed by atoms with Crippen molar-refractivity contribution in [1.29, 1.82) is 0 Å². The molecule has 0 unspecified atom stereocenters. The van der Waals surface area contributed by atoms with E-state index >= 15 is 0 Å². The Labute approximate surface area is 178 Å². The highest BCUT2D eigenvalue weighted by atomic mass is 19.1. The number of unbranched alkanes of at least 4 members (excludes halogenated alkanes) is 1. The van der Waals surface area contributed by atoms with Gasteiger partial charge in [0.25, 0.3) is 5.56 Å². The summed E-state index contributed by atoms with van der Waals surface area (Å²) in [5, 5.41) is 1.15. The summed E-state index contributed by atoms with van der Waals surface area (Å²) in [6, 6.07) is 15.1. The van der Waals surface area contributed by atoms with Crippen LogP contribution in [0, 0.1) is 11.6 Å². The minimum atomic E-state index is -0.810. The number of benzene rings is 2. The van der Waals surface area contributed by atoms with E-state index in [2.05, 4.69) is 4.98 Å². The molecule has 0 spiro atoms. The molecule has 6 heteroatoms. The lowest BCUT2D eigenvalue weighted by molar-refractivity contribution is 0.274. The second kappa shape index (κ2) is 9.08. The molecule has 0 atom stereocenters. The van der Waals surface area contributed by atoms with Crippen LogP contribution in [0.5, 0.6) is 5.75 Å². The van der Waals surface area contributed by atoms with Crippen LogP contribution in [-0.4, -0.2) is 9.55 Å². The standard InChI is InChI=1S/C25H22F2N2O2/c1-2-3-11-29-23(14-18-9-10-28-15-20(18)25(29)30)19-12-21(26)24(22(27)13-19)31-16-17-7-5-4-6-8-17/h4-10,12-15H,2-3,11,16H2,1H3. The molecule has 0 fully saturated rings. The maximum absolute atomic E-state index is 14.8. The molecule has 0 aliphatic heterocycles. The summed E-state index contributed by atoms with van der Waals surface area (Å²) in [6.45, 7) is 2.52. The predicted molar refractivity (Wildman–Crippen MR) is 117 cm³/mol. The van der Waals surface area contributed by atoms with Crippen LogP contribution in [0.4, 0.5) is 8.78 Å². The third-order valence-electron chi connectivity index (χ3n) is 5.17. The number of halogens is 2. The van der Waals surface area contributed by atoms with Gasteiger partial charge in [-0.25, -0.2) is 8.78 Å². The van der Waals surface area contributed by atoms with Gasteiger partial charge in [-0.05, 0) is 41.6 Å². The molecule has 0 saturated heterocycles. The van der Waals surface area contributed by atoms with E-state index in [1.54, 1.807) is 22.9 Å². The lowest BCUT2D eigenvalue weighted by Crippen LogP contribution is -2.22. The van der Waals surface area contributed by atoms with Crippen molar-refractivity contribution in [3.8, 4) is 17.0 Å². The Morgan fingerprint density at radius 1 is 1.03 bits per heavy atom. The van der Waals surface area contributed by atoms with Crippen LogP contribution in [0.1, 0.15) is 25.3 Å². The van der Waals surface area contributed by atoms with E-state index in [9.17, 15) is 13.6 Å². The van der Waals surface area contributed by atoms with Crippen LogP contribution < -0.4 is 10.3 Å². The monoisotopic (exact) mass is 420 g/mol. The van der Waals surface area contributed by atoms with Crippen LogP contribution in [0.3, 0.4) is 0 Å². The normalized spacial score (nSPS) is 11.1. The van der Waals surface area contributed by atoms with Gasteiger partial charge < -0.3 is 9.30 Å². The Balaban J connectivity index is 1.76. The average molecular weight is 420 g/mol. The number of pyridine rings is 2. The van der Waals surface area contributed by atoms with E-state index < -0.39 is 17.4 Å². The van der Waals surface area contributed by atoms with E-state index in [1.807, 2.05) is 37.3 Å². The summed E-state index contributed by atoms with van der Waals surface area (Å²) >= 11 is 0. The highest BCUT2D eigenvalue weighted by Gasteiger charge is 2.17. The molecule has 0 bridgehead atoms. The zero-order valence-corrected chi connectivity index (χ0v) is 17.1. The number of aromatic nitrogens is 2. The lowest BCUT2D eigenvalue weighted by Gasteiger charge is -2.16. The number of hydrogen-bond acceptors (Lipinski definition) is 3. The Hall–Kier alpha value is -3.54. The van der Waals surface area contributed by atoms with Crippen molar-refractivity contribution < 1.29 is 13.5 Å². The van der Waals surface area contributed by atoms with Crippen molar-refractivity contribution in [2.24, 2.45) is 0 Å². The fourth-order valence-electron chi connectivity index (χ4n) is 3.54. The van der Waals surface area contributed by atoms with Gasteiger partial charge in [-0.3, -0.25) is 9.78 Å². The number of rotatable bonds is 7. The van der Waals surface area contributed by atoms with Crippen molar-refractivity contribution in [1.82, 2.24) is 9.55 Å². The van der Waals surface area contributed by atoms with Crippen molar-refractivity contribution >= 4 is 10.8 Å². The van der Waals surface area contributed by atoms with E-state index in [1.165, 1.54) is 18.3 Å². The minimum Gasteiger partial charge on any atom is -0.483 e. The van der Waals surface area contributed by atoms with Crippen LogP contribution in [0.2, 0.25) is 0 Å². The van der Waals surface area contributed by atoms with Crippen LogP contribution in [-0.2, 0) is 13.2 Å². The van der Waals surface area contributed by atoms with Gasteiger partial charge in [0.15, 0.2) is 17.4 Å². The maximum Gasteiger partial charge on any atom is 0.260 e. The fraction of sp³-hybridized carbons (Fsp3) is 0.200. The number of hydrogen-bond donors (Lipinski definition) is 0. The number of nitrogens with zero attached hydrogens (tertiary/aromatic N) is 2. The molecule has 0 radical (unpaired) electrons. The summed E-state index contributed by atoms with van der Waals surface area (Å²) in [4.78, 5) is 17.1. The Bertz CT molecular complexity index is 1250. The predicted octanol–water partition coefficient (Wildman–Crippen LogP) is 5.72. The minimum absolute atomic E-state index is 0.0538. The molecule has 4 aromatic rings. The Morgan fingerprint density at radius 3 is 2.48 bits per heavy atom. The highest BCUT2D eigenvalue weighted by molar-refractivity contribution is 5.84. The second-order valence-electron chi connectivity index (χ2n) is 7.35. The van der Waals surface area contributed by atoms with E-state index in [0.29, 0.717) is 23.0 Å². The first-order chi connectivity index (χ1) is 15.1. The van der Waals surface area contributed by atoms with Gasteiger partial charge >= 0.3 is 0 Å². The third kappa shape index (κ3) is 4.33. The first-order valence-corrected chi connectivity index (χ1v) is 10.2. The molecule has 2 aromatic carbocycles. The second-order valence-corrected chi connectivity index (χ2v) is 7.35. The Kier molecular flexibility index (Phi) is 6.07. The zero-order valence-electron chi connectivity index (χ0n) is 17.1. The molecule has 0 aliphatic carbocycles. The summed E-state index contributed by atoms with van der Waals surface area (Å²) in [7, 11) is 0. The summed E-state index contributed by atoms with van der Waals surface area (Å²) < 4.78 is 36.6. The average Bonchev–Trinajstić information content (AvgIpc) is 2.78. The molecule has 158 valence electrons. The van der Waals surface area contributed by atoms with Gasteiger partial charge in [-0.2, -0.15) is 0 Å². The molecule has 0 saturated carbocycles. The molecule has 2 aromatic heterocycles. The zero-order chi connectivity index (χ0) is 21.8. The van der Waals surface area contributed by atoms with Crippen LogP contribution in [0.25, 0.3) is 22.0 Å². The molecule has 4 rings (SSSR count). The van der Waals surface area contributed by atoms with Crippen LogP contribution in [0.15, 0.2) is 71.8 Å². The van der Waals surface area contributed by atoms with Crippen molar-refractivity contribution in [2.75, 3.05) is 0 Å². The van der Waals surface area contributed by atoms with Crippen LogP contribution >= 0.6 is 0 Å². The largest absolute Gasteiger partial charge is 0.483 e. The van der Waals surface area contributed by atoms with Gasteiger partial charge in [-0.15, -0.1) is 0 Å². The molecule has 0 aliphatic rings. The molecule has 2 heterocycles. The molecular weight excluding hydrogens is 398 g/mol. The number of fused-ring (bicyclic) bond motifs is 1. The van der Waals surface area contributed by atoms with Crippen molar-refractivity contribution in [3.63, 3.8) is 0 Å². The fourth-order valence-corrected chi connectivity index (χ4v) is 3.54. The molecule has 0 N–H and O–H groups in total. The highest BCUT2D eigenvalue weighted by Crippen LogP contribution is 2.30. The molecular formula is C25H22F2N2O2. The summed E-state index contributed by atoms with van der Waals surface area (Å²) in [5.74, 6) is -2.05. The first-order valence-electron chi connectivity index (χ1n) is 10.2. The molecule has 4 nitrogen and oxygen atoms in total. The topological polar surface area (TPSA) is 44.1 Å². The molecule has 0 amide bonds. The molecule has 31 heavy (non-hydrogen) atoms. The van der Waals surface area contributed by atoms with Crippen molar-refractivity contribution in [3.05, 3.63) is 94.5 Å². The summed E-state index contributed by atoms with van der Waals surface area (Å²) in [6.07, 6.45) is 4.75. The van der Waals surface area contributed by atoms with Crippen molar-refractivity contribution in [2.45, 2.75) is 32.9 Å². The van der Waals surface area contributed by atoms with Gasteiger partial charge in [0, 0.05) is 24.5 Å². The van der Waals surface area contributed by atoms with Gasteiger partial charge in [-0.1, -0.05) is 43.7 Å². The first kappa shape index (κ1) is 20.7. The maximum atomic E-state index is 14.8. The van der Waals surface area contributed by atoms with E-state index in [-0.39, 0.29) is 17.7 Å².